The summed E-state index contributed by atoms with van der Waals surface area (Å²) in [6.07, 6.45) is 1.55. The van der Waals surface area contributed by atoms with E-state index >= 15 is 0 Å². The Morgan fingerprint density at radius 2 is 2.36 bits per heavy atom. The fourth-order valence-corrected chi connectivity index (χ4v) is 1.74. The van der Waals surface area contributed by atoms with E-state index in [-0.39, 0.29) is 13.2 Å². The summed E-state index contributed by atoms with van der Waals surface area (Å²) in [5, 5.41) is 10.3. The first-order chi connectivity index (χ1) is 6.67. The largest absolute Gasteiger partial charge is 0.480 e. The normalized spacial score (nSPS) is 18.8. The Kier molecular flexibility index (Phi) is 2.34. The highest BCUT2D eigenvalue weighted by Crippen LogP contribution is 2.37. The van der Waals surface area contributed by atoms with Gasteiger partial charge in [0.15, 0.2) is 0 Å². The monoisotopic (exact) mass is 215 g/mol. The van der Waals surface area contributed by atoms with Gasteiger partial charge in [0.25, 0.3) is 0 Å². The molecule has 2 heterocycles. The maximum atomic E-state index is 9.99. The molecule has 0 radical (unpaired) electrons. The lowest BCUT2D eigenvalue weighted by atomic mass is 9.93. The van der Waals surface area contributed by atoms with Gasteiger partial charge in [-0.3, -0.25) is 0 Å². The van der Waals surface area contributed by atoms with Crippen molar-refractivity contribution < 1.29 is 14.6 Å². The molecule has 76 valence electrons. The first kappa shape index (κ1) is 9.71. The second-order valence-corrected chi connectivity index (χ2v) is 3.58. The van der Waals surface area contributed by atoms with Crippen molar-refractivity contribution in [1.82, 2.24) is 4.98 Å². The van der Waals surface area contributed by atoms with E-state index in [1.54, 1.807) is 12.3 Å². The summed E-state index contributed by atoms with van der Waals surface area (Å²) in [5.41, 5.74) is -0.370. The molecule has 1 aromatic heterocycles. The number of pyridine rings is 1. The van der Waals surface area contributed by atoms with Crippen LogP contribution in [0.25, 0.3) is 0 Å². The average Bonchev–Trinajstić information content (AvgIpc) is 2.15. The molecule has 14 heavy (non-hydrogen) atoms. The summed E-state index contributed by atoms with van der Waals surface area (Å²) in [7, 11) is 1.49. The van der Waals surface area contributed by atoms with Crippen LogP contribution in [0.5, 0.6) is 5.88 Å². The van der Waals surface area contributed by atoms with E-state index in [0.717, 1.165) is 0 Å². The number of aromatic nitrogens is 1. The van der Waals surface area contributed by atoms with E-state index in [9.17, 15) is 5.11 Å². The minimum absolute atomic E-state index is 0.264. The van der Waals surface area contributed by atoms with E-state index < -0.39 is 5.60 Å². The molecule has 0 saturated carbocycles. The molecule has 1 aromatic rings. The third kappa shape index (κ3) is 1.35. The summed E-state index contributed by atoms with van der Waals surface area (Å²) in [4.78, 5) is 3.92. The van der Waals surface area contributed by atoms with Gasteiger partial charge in [-0.2, -0.15) is 0 Å². The van der Waals surface area contributed by atoms with Crippen LogP contribution in [-0.2, 0) is 10.3 Å². The zero-order valence-corrected chi connectivity index (χ0v) is 8.41. The molecule has 0 aromatic carbocycles. The van der Waals surface area contributed by atoms with Crippen molar-refractivity contribution in [2.75, 3.05) is 20.3 Å². The molecular weight excluding hydrogens is 206 g/mol. The van der Waals surface area contributed by atoms with Crippen LogP contribution in [0.15, 0.2) is 12.3 Å². The third-order valence-corrected chi connectivity index (χ3v) is 2.60. The smallest absolute Gasteiger partial charge is 0.232 e. The zero-order valence-electron chi connectivity index (χ0n) is 7.66. The molecule has 1 aliphatic heterocycles. The van der Waals surface area contributed by atoms with Crippen molar-refractivity contribution in [3.05, 3.63) is 22.8 Å². The Labute approximate surface area is 86.4 Å². The maximum Gasteiger partial charge on any atom is 0.232 e. The van der Waals surface area contributed by atoms with Crippen LogP contribution in [0, 0.1) is 0 Å². The molecule has 1 saturated heterocycles. The number of methoxy groups -OCH3 is 1. The maximum absolute atomic E-state index is 9.99. The molecule has 1 aliphatic rings. The predicted octanol–water partition coefficient (Wildman–Crippen LogP) is 0.961. The molecule has 0 unspecified atom stereocenters. The van der Waals surface area contributed by atoms with Crippen LogP contribution in [0.2, 0.25) is 5.02 Å². The van der Waals surface area contributed by atoms with E-state index in [0.29, 0.717) is 16.5 Å². The Morgan fingerprint density at radius 1 is 1.64 bits per heavy atom. The lowest BCUT2D eigenvalue weighted by Gasteiger charge is -2.37. The zero-order chi connectivity index (χ0) is 10.2. The second kappa shape index (κ2) is 3.38. The van der Waals surface area contributed by atoms with Crippen molar-refractivity contribution in [3.63, 3.8) is 0 Å². The molecule has 5 heteroatoms. The molecule has 4 nitrogen and oxygen atoms in total. The number of rotatable bonds is 2. The summed E-state index contributed by atoms with van der Waals surface area (Å²) in [6, 6.07) is 1.67. The molecule has 1 fully saturated rings. The van der Waals surface area contributed by atoms with Crippen LogP contribution in [0.4, 0.5) is 0 Å². The fourth-order valence-electron chi connectivity index (χ4n) is 1.38. The summed E-state index contributed by atoms with van der Waals surface area (Å²) in [5.74, 6) is 0.324. The highest BCUT2D eigenvalue weighted by Gasteiger charge is 2.40. The van der Waals surface area contributed by atoms with Crippen LogP contribution >= 0.6 is 11.6 Å². The van der Waals surface area contributed by atoms with E-state index in [2.05, 4.69) is 4.98 Å². The molecular formula is C9H10ClNO3. The van der Waals surface area contributed by atoms with Crippen molar-refractivity contribution in [1.29, 1.82) is 0 Å². The van der Waals surface area contributed by atoms with Gasteiger partial charge in [0.05, 0.1) is 20.3 Å². The standard InChI is InChI=1S/C9H10ClNO3/c1-13-8-7(10)6(2-3-11-8)9(12)4-14-5-9/h2-3,12H,4-5H2,1H3. The van der Waals surface area contributed by atoms with Crippen molar-refractivity contribution in [3.8, 4) is 5.88 Å². The Balaban J connectivity index is 2.43. The third-order valence-electron chi connectivity index (χ3n) is 2.23. The van der Waals surface area contributed by atoms with Crippen molar-refractivity contribution >= 4 is 11.6 Å². The number of halogens is 1. The van der Waals surface area contributed by atoms with Gasteiger partial charge in [-0.25, -0.2) is 4.98 Å². The van der Waals surface area contributed by atoms with Crippen molar-refractivity contribution in [2.45, 2.75) is 5.60 Å². The van der Waals surface area contributed by atoms with Gasteiger partial charge in [0, 0.05) is 11.8 Å². The Bertz CT molecular complexity index is 352. The number of ether oxygens (including phenoxy) is 2. The van der Waals surface area contributed by atoms with Gasteiger partial charge >= 0.3 is 0 Å². The van der Waals surface area contributed by atoms with Crippen LogP contribution in [0.1, 0.15) is 5.56 Å². The minimum atomic E-state index is -0.979. The summed E-state index contributed by atoms with van der Waals surface area (Å²) < 4.78 is 9.91. The van der Waals surface area contributed by atoms with E-state index in [1.807, 2.05) is 0 Å². The molecule has 0 amide bonds. The van der Waals surface area contributed by atoms with Gasteiger partial charge in [-0.05, 0) is 6.07 Å². The quantitative estimate of drug-likeness (QED) is 0.799. The van der Waals surface area contributed by atoms with Crippen LogP contribution in [-0.4, -0.2) is 30.4 Å². The molecule has 0 atom stereocenters. The topological polar surface area (TPSA) is 51.6 Å². The van der Waals surface area contributed by atoms with Crippen LogP contribution < -0.4 is 4.74 Å². The first-order valence-electron chi connectivity index (χ1n) is 4.16. The highest BCUT2D eigenvalue weighted by molar-refractivity contribution is 6.32. The lowest BCUT2D eigenvalue weighted by molar-refractivity contribution is -0.184. The number of hydrogen-bond acceptors (Lipinski definition) is 4. The average molecular weight is 216 g/mol. The van der Waals surface area contributed by atoms with Gasteiger partial charge in [0.1, 0.15) is 10.6 Å². The fraction of sp³-hybridized carbons (Fsp3) is 0.444. The minimum Gasteiger partial charge on any atom is -0.480 e. The summed E-state index contributed by atoms with van der Waals surface area (Å²) in [6.45, 7) is 0.528. The number of nitrogens with zero attached hydrogens (tertiary/aromatic N) is 1. The van der Waals surface area contributed by atoms with E-state index in [1.165, 1.54) is 7.11 Å². The highest BCUT2D eigenvalue weighted by atomic mass is 35.5. The summed E-state index contributed by atoms with van der Waals surface area (Å²) >= 11 is 6.00. The van der Waals surface area contributed by atoms with Gasteiger partial charge in [-0.15, -0.1) is 0 Å². The molecule has 0 aliphatic carbocycles. The predicted molar refractivity (Wildman–Crippen MR) is 50.5 cm³/mol. The Hall–Kier alpha value is -0.840. The molecule has 2 rings (SSSR count). The van der Waals surface area contributed by atoms with Gasteiger partial charge in [-0.1, -0.05) is 11.6 Å². The first-order valence-corrected chi connectivity index (χ1v) is 4.54. The Morgan fingerprint density at radius 3 is 2.86 bits per heavy atom. The van der Waals surface area contributed by atoms with Crippen LogP contribution in [0.3, 0.4) is 0 Å². The van der Waals surface area contributed by atoms with Gasteiger partial charge in [0.2, 0.25) is 5.88 Å². The van der Waals surface area contributed by atoms with Gasteiger partial charge < -0.3 is 14.6 Å². The SMILES string of the molecule is COc1nccc(C2(O)COC2)c1Cl. The lowest BCUT2D eigenvalue weighted by Crippen LogP contribution is -2.46. The number of aliphatic hydroxyl groups is 1. The molecule has 0 bridgehead atoms. The molecule has 1 N–H and O–H groups in total. The number of hydrogen-bond donors (Lipinski definition) is 1. The van der Waals surface area contributed by atoms with Crippen molar-refractivity contribution in [2.24, 2.45) is 0 Å². The van der Waals surface area contributed by atoms with E-state index in [4.69, 9.17) is 21.1 Å². The second-order valence-electron chi connectivity index (χ2n) is 3.21. The molecule has 0 spiro atoms.